The first-order valence-electron chi connectivity index (χ1n) is 7.52. The van der Waals surface area contributed by atoms with Crippen LogP contribution < -0.4 is 5.73 Å². The first-order valence-corrected chi connectivity index (χ1v) is 7.52. The molecule has 7 heteroatoms. The van der Waals surface area contributed by atoms with Crippen LogP contribution in [0, 0.1) is 5.82 Å². The Morgan fingerprint density at radius 3 is 2.64 bits per heavy atom. The average Bonchev–Trinajstić information content (AvgIpc) is 3.20. The van der Waals surface area contributed by atoms with Crippen molar-refractivity contribution in [3.05, 3.63) is 65.3 Å². The molecule has 0 fully saturated rings. The standard InChI is InChI=1S/C18H13FN4O2/c1-23-12(9-10-5-2-3-6-11(10)19)15-14(17(23)24)16(22-18(20)21-15)13-7-4-8-25-13/h2-9H,1H3,(H2,20,21,22). The minimum Gasteiger partial charge on any atom is -0.463 e. The lowest BCUT2D eigenvalue weighted by molar-refractivity contribution is 0.0875. The molecule has 3 aromatic rings. The fourth-order valence-electron chi connectivity index (χ4n) is 2.80. The smallest absolute Gasteiger partial charge is 0.262 e. The van der Waals surface area contributed by atoms with Crippen molar-refractivity contribution in [1.29, 1.82) is 0 Å². The van der Waals surface area contributed by atoms with Gasteiger partial charge in [0, 0.05) is 12.6 Å². The average molecular weight is 336 g/mol. The van der Waals surface area contributed by atoms with Crippen molar-refractivity contribution in [3.8, 4) is 11.5 Å². The highest BCUT2D eigenvalue weighted by Crippen LogP contribution is 2.37. The first kappa shape index (κ1) is 15.1. The topological polar surface area (TPSA) is 85.2 Å². The highest BCUT2D eigenvalue weighted by atomic mass is 19.1. The van der Waals surface area contributed by atoms with Gasteiger partial charge >= 0.3 is 0 Å². The van der Waals surface area contributed by atoms with Gasteiger partial charge in [0.15, 0.2) is 5.76 Å². The maximum atomic E-state index is 14.0. The van der Waals surface area contributed by atoms with E-state index in [0.29, 0.717) is 28.4 Å². The molecule has 0 aliphatic carbocycles. The van der Waals surface area contributed by atoms with Gasteiger partial charge in [0.25, 0.3) is 5.91 Å². The lowest BCUT2D eigenvalue weighted by Crippen LogP contribution is -2.17. The van der Waals surface area contributed by atoms with Gasteiger partial charge in [-0.15, -0.1) is 0 Å². The summed E-state index contributed by atoms with van der Waals surface area (Å²) in [6, 6.07) is 9.68. The zero-order valence-electron chi connectivity index (χ0n) is 13.2. The Bertz CT molecular complexity index is 1010. The number of hydrogen-bond donors (Lipinski definition) is 1. The van der Waals surface area contributed by atoms with Gasteiger partial charge in [-0.3, -0.25) is 4.79 Å². The van der Waals surface area contributed by atoms with Crippen molar-refractivity contribution < 1.29 is 13.6 Å². The van der Waals surface area contributed by atoms with Crippen LogP contribution in [0.15, 0.2) is 47.1 Å². The summed E-state index contributed by atoms with van der Waals surface area (Å²) in [6.45, 7) is 0. The molecule has 4 rings (SSSR count). The number of carbonyl (C=O) groups is 1. The van der Waals surface area contributed by atoms with Gasteiger partial charge in [-0.25, -0.2) is 14.4 Å². The summed E-state index contributed by atoms with van der Waals surface area (Å²) in [6.07, 6.45) is 3.05. The van der Waals surface area contributed by atoms with Crippen molar-refractivity contribution in [1.82, 2.24) is 14.9 Å². The molecular formula is C18H13FN4O2. The van der Waals surface area contributed by atoms with Crippen LogP contribution in [0.25, 0.3) is 23.2 Å². The fourth-order valence-corrected chi connectivity index (χ4v) is 2.80. The molecule has 3 heterocycles. The summed E-state index contributed by atoms with van der Waals surface area (Å²) < 4.78 is 19.4. The molecule has 6 nitrogen and oxygen atoms in total. The molecule has 124 valence electrons. The number of hydrogen-bond acceptors (Lipinski definition) is 5. The number of aromatic nitrogens is 2. The number of halogens is 1. The number of carbonyl (C=O) groups excluding carboxylic acids is 1. The van der Waals surface area contributed by atoms with Crippen molar-refractivity contribution in [2.45, 2.75) is 0 Å². The predicted molar refractivity (Wildman–Crippen MR) is 90.5 cm³/mol. The van der Waals surface area contributed by atoms with E-state index in [0.717, 1.165) is 0 Å². The van der Waals surface area contributed by atoms with E-state index in [1.807, 2.05) is 0 Å². The zero-order valence-corrected chi connectivity index (χ0v) is 13.2. The van der Waals surface area contributed by atoms with Crippen LogP contribution in [0.4, 0.5) is 10.3 Å². The second-order valence-electron chi connectivity index (χ2n) is 5.55. The largest absolute Gasteiger partial charge is 0.463 e. The van der Waals surface area contributed by atoms with E-state index in [2.05, 4.69) is 9.97 Å². The molecule has 0 unspecified atom stereocenters. The van der Waals surface area contributed by atoms with E-state index in [4.69, 9.17) is 10.2 Å². The number of amides is 1. The van der Waals surface area contributed by atoms with Crippen molar-refractivity contribution in [2.75, 3.05) is 12.8 Å². The number of furan rings is 1. The van der Waals surface area contributed by atoms with Crippen molar-refractivity contribution in [3.63, 3.8) is 0 Å². The Kier molecular flexibility index (Phi) is 3.35. The van der Waals surface area contributed by atoms with Gasteiger partial charge < -0.3 is 15.1 Å². The molecule has 25 heavy (non-hydrogen) atoms. The van der Waals surface area contributed by atoms with Gasteiger partial charge in [0.05, 0.1) is 17.5 Å². The monoisotopic (exact) mass is 336 g/mol. The van der Waals surface area contributed by atoms with E-state index < -0.39 is 5.82 Å². The maximum absolute atomic E-state index is 14.0. The quantitative estimate of drug-likeness (QED) is 0.777. The molecule has 0 saturated heterocycles. The third-order valence-electron chi connectivity index (χ3n) is 4.00. The van der Waals surface area contributed by atoms with Crippen LogP contribution in [0.3, 0.4) is 0 Å². The predicted octanol–water partition coefficient (Wildman–Crippen LogP) is 3.04. The minimum absolute atomic E-state index is 0.00711. The Balaban J connectivity index is 1.96. The summed E-state index contributed by atoms with van der Waals surface area (Å²) in [5.41, 5.74) is 7.58. The molecule has 0 radical (unpaired) electrons. The van der Waals surface area contributed by atoms with Gasteiger partial charge in [0.2, 0.25) is 5.95 Å². The summed E-state index contributed by atoms with van der Waals surface area (Å²) in [4.78, 5) is 22.5. The number of rotatable bonds is 2. The number of benzene rings is 1. The SMILES string of the molecule is CN1C(=O)c2c(nc(N)nc2-c2ccco2)C1=Cc1ccccc1F. The Hall–Kier alpha value is -3.48. The molecule has 0 spiro atoms. The number of fused-ring (bicyclic) bond motifs is 1. The number of anilines is 1. The molecule has 1 aliphatic heterocycles. The first-order chi connectivity index (χ1) is 12.1. The van der Waals surface area contributed by atoms with Gasteiger partial charge in [-0.1, -0.05) is 18.2 Å². The Labute approximate surface area is 142 Å². The van der Waals surface area contributed by atoms with Gasteiger partial charge in [-0.05, 0) is 24.3 Å². The lowest BCUT2D eigenvalue weighted by atomic mass is 10.1. The van der Waals surface area contributed by atoms with E-state index in [-0.39, 0.29) is 17.4 Å². The second-order valence-corrected chi connectivity index (χ2v) is 5.55. The second kappa shape index (κ2) is 5.55. The van der Waals surface area contributed by atoms with E-state index in [1.54, 1.807) is 43.5 Å². The molecule has 1 aromatic carbocycles. The third kappa shape index (κ3) is 2.37. The van der Waals surface area contributed by atoms with Gasteiger partial charge in [0.1, 0.15) is 17.2 Å². The summed E-state index contributed by atoms with van der Waals surface area (Å²) in [7, 11) is 1.60. The molecule has 0 bridgehead atoms. The van der Waals surface area contributed by atoms with Crippen LogP contribution in [0.5, 0.6) is 0 Å². The number of nitrogen functional groups attached to an aromatic ring is 1. The van der Waals surface area contributed by atoms with Crippen LogP contribution in [-0.2, 0) is 0 Å². The molecule has 0 atom stereocenters. The highest BCUT2D eigenvalue weighted by molar-refractivity contribution is 6.13. The molecular weight excluding hydrogens is 323 g/mol. The lowest BCUT2D eigenvalue weighted by Gasteiger charge is -2.10. The summed E-state index contributed by atoms with van der Waals surface area (Å²) in [5.74, 6) is -0.270. The van der Waals surface area contributed by atoms with Crippen LogP contribution in [-0.4, -0.2) is 27.8 Å². The van der Waals surface area contributed by atoms with Crippen LogP contribution >= 0.6 is 0 Å². The molecule has 1 aliphatic rings. The van der Waals surface area contributed by atoms with Crippen molar-refractivity contribution in [2.24, 2.45) is 0 Å². The molecule has 2 N–H and O–H groups in total. The number of nitrogens with two attached hydrogens (primary N) is 1. The molecule has 2 aromatic heterocycles. The third-order valence-corrected chi connectivity index (χ3v) is 4.00. The van der Waals surface area contributed by atoms with E-state index in [9.17, 15) is 9.18 Å². The number of nitrogens with zero attached hydrogens (tertiary/aromatic N) is 3. The zero-order chi connectivity index (χ0) is 17.6. The Morgan fingerprint density at radius 2 is 1.92 bits per heavy atom. The Morgan fingerprint density at radius 1 is 1.16 bits per heavy atom. The molecule has 1 amide bonds. The highest BCUT2D eigenvalue weighted by Gasteiger charge is 2.36. The normalized spacial score (nSPS) is 15.0. The van der Waals surface area contributed by atoms with Crippen molar-refractivity contribution >= 4 is 23.6 Å². The van der Waals surface area contributed by atoms with E-state index >= 15 is 0 Å². The van der Waals surface area contributed by atoms with Crippen LogP contribution in [0.1, 0.15) is 21.6 Å². The minimum atomic E-state index is -0.391. The fraction of sp³-hybridized carbons (Fsp3) is 0.0556. The van der Waals surface area contributed by atoms with Gasteiger partial charge in [-0.2, -0.15) is 0 Å². The summed E-state index contributed by atoms with van der Waals surface area (Å²) >= 11 is 0. The maximum Gasteiger partial charge on any atom is 0.262 e. The molecule has 0 saturated carbocycles. The van der Waals surface area contributed by atoms with Crippen LogP contribution in [0.2, 0.25) is 0 Å². The van der Waals surface area contributed by atoms with E-state index in [1.165, 1.54) is 17.2 Å². The summed E-state index contributed by atoms with van der Waals surface area (Å²) in [5, 5.41) is 0.